The predicted octanol–water partition coefficient (Wildman–Crippen LogP) is 3.61. The molecule has 0 amide bonds. The summed E-state index contributed by atoms with van der Waals surface area (Å²) in [5.74, 6) is 1.13. The molecule has 2 aliphatic rings. The molecule has 3 heteroatoms. The topological polar surface area (TPSA) is 36.4 Å². The molecule has 1 aliphatic heterocycles. The third kappa shape index (κ3) is 2.66. The minimum Gasteiger partial charge on any atom is -0.390 e. The molecule has 1 N–H and O–H groups in total. The number of hydrogen-bond acceptors (Lipinski definition) is 3. The van der Waals surface area contributed by atoms with Gasteiger partial charge in [-0.05, 0) is 42.2 Å². The van der Waals surface area contributed by atoms with Crippen LogP contribution in [0.2, 0.25) is 0 Å². The molecule has 2 fully saturated rings. The SMILES string of the molecule is CC[C@]1(O)CCC[C@H]2CN(Cc3cccc4cnccc34)C[C@H]21. The first-order valence-corrected chi connectivity index (χ1v) is 8.96. The van der Waals surface area contributed by atoms with Gasteiger partial charge in [0.05, 0.1) is 5.60 Å². The van der Waals surface area contributed by atoms with Gasteiger partial charge in [-0.15, -0.1) is 0 Å². The highest BCUT2D eigenvalue weighted by molar-refractivity contribution is 5.84. The van der Waals surface area contributed by atoms with Crippen LogP contribution >= 0.6 is 0 Å². The minimum atomic E-state index is -0.430. The highest BCUT2D eigenvalue weighted by Gasteiger charge is 2.47. The molecule has 0 bridgehead atoms. The lowest BCUT2D eigenvalue weighted by Gasteiger charge is -2.40. The fourth-order valence-electron chi connectivity index (χ4n) is 4.85. The van der Waals surface area contributed by atoms with Crippen LogP contribution < -0.4 is 0 Å². The van der Waals surface area contributed by atoms with Gasteiger partial charge in [0, 0.05) is 43.3 Å². The number of fused-ring (bicyclic) bond motifs is 2. The average Bonchev–Trinajstić information content (AvgIpc) is 3.00. The van der Waals surface area contributed by atoms with Gasteiger partial charge in [0.1, 0.15) is 0 Å². The van der Waals surface area contributed by atoms with E-state index in [1.807, 2.05) is 12.4 Å². The van der Waals surface area contributed by atoms with Gasteiger partial charge in [-0.25, -0.2) is 0 Å². The second-order valence-corrected chi connectivity index (χ2v) is 7.42. The second kappa shape index (κ2) is 5.88. The van der Waals surface area contributed by atoms with Gasteiger partial charge in [-0.2, -0.15) is 0 Å². The van der Waals surface area contributed by atoms with E-state index in [0.29, 0.717) is 11.8 Å². The minimum absolute atomic E-state index is 0.430. The maximum absolute atomic E-state index is 11.0. The molecule has 0 unspecified atom stereocenters. The summed E-state index contributed by atoms with van der Waals surface area (Å²) in [6.45, 7) is 5.29. The van der Waals surface area contributed by atoms with Crippen LogP contribution in [0, 0.1) is 11.8 Å². The molecule has 1 aromatic carbocycles. The number of likely N-dealkylation sites (tertiary alicyclic amines) is 1. The van der Waals surface area contributed by atoms with Crippen molar-refractivity contribution in [1.82, 2.24) is 9.88 Å². The summed E-state index contributed by atoms with van der Waals surface area (Å²) in [5, 5.41) is 13.5. The van der Waals surface area contributed by atoms with E-state index in [4.69, 9.17) is 0 Å². The molecule has 2 heterocycles. The standard InChI is InChI=1S/C20H26N2O/c1-2-20(23)9-4-7-17-13-22(14-19(17)20)12-16-6-3-5-15-11-21-10-8-18(15)16/h3,5-6,8,10-11,17,19,23H,2,4,7,9,12-14H2,1H3/t17-,19+,20-/m0/s1. The van der Waals surface area contributed by atoms with Gasteiger partial charge < -0.3 is 5.11 Å². The lowest BCUT2D eigenvalue weighted by atomic mass is 9.69. The van der Waals surface area contributed by atoms with Crippen LogP contribution in [0.25, 0.3) is 10.8 Å². The van der Waals surface area contributed by atoms with Crippen molar-refractivity contribution in [2.45, 2.75) is 44.8 Å². The summed E-state index contributed by atoms with van der Waals surface area (Å²) >= 11 is 0. The number of aromatic nitrogens is 1. The smallest absolute Gasteiger partial charge is 0.0688 e. The number of aliphatic hydroxyl groups is 1. The first-order chi connectivity index (χ1) is 11.2. The maximum Gasteiger partial charge on any atom is 0.0688 e. The van der Waals surface area contributed by atoms with E-state index in [1.165, 1.54) is 29.2 Å². The third-order valence-corrected chi connectivity index (χ3v) is 6.17. The second-order valence-electron chi connectivity index (χ2n) is 7.42. The molecule has 3 nitrogen and oxygen atoms in total. The number of pyridine rings is 1. The monoisotopic (exact) mass is 310 g/mol. The predicted molar refractivity (Wildman–Crippen MR) is 93.1 cm³/mol. The van der Waals surface area contributed by atoms with Gasteiger partial charge in [0.2, 0.25) is 0 Å². The van der Waals surface area contributed by atoms with Crippen molar-refractivity contribution in [2.24, 2.45) is 11.8 Å². The number of hydrogen-bond donors (Lipinski definition) is 1. The zero-order valence-corrected chi connectivity index (χ0v) is 13.9. The van der Waals surface area contributed by atoms with Crippen LogP contribution in [0.4, 0.5) is 0 Å². The Morgan fingerprint density at radius 1 is 1.30 bits per heavy atom. The summed E-state index contributed by atoms with van der Waals surface area (Å²) in [6.07, 6.45) is 8.16. The molecule has 1 aliphatic carbocycles. The van der Waals surface area contributed by atoms with E-state index in [2.05, 4.69) is 41.1 Å². The zero-order chi connectivity index (χ0) is 15.9. The van der Waals surface area contributed by atoms with Crippen LogP contribution in [-0.2, 0) is 6.54 Å². The van der Waals surface area contributed by atoms with Crippen LogP contribution in [0.5, 0.6) is 0 Å². The van der Waals surface area contributed by atoms with E-state index in [1.54, 1.807) is 0 Å². The fourth-order valence-corrected chi connectivity index (χ4v) is 4.85. The average molecular weight is 310 g/mol. The Morgan fingerprint density at radius 2 is 2.22 bits per heavy atom. The highest BCUT2D eigenvalue weighted by Crippen LogP contribution is 2.44. The van der Waals surface area contributed by atoms with Crippen molar-refractivity contribution in [3.63, 3.8) is 0 Å². The summed E-state index contributed by atoms with van der Waals surface area (Å²) in [4.78, 5) is 6.78. The number of rotatable bonds is 3. The highest BCUT2D eigenvalue weighted by atomic mass is 16.3. The molecule has 23 heavy (non-hydrogen) atoms. The first-order valence-electron chi connectivity index (χ1n) is 8.96. The Balaban J connectivity index is 1.56. The van der Waals surface area contributed by atoms with E-state index < -0.39 is 5.60 Å². The van der Waals surface area contributed by atoms with Gasteiger partial charge in [0.25, 0.3) is 0 Å². The van der Waals surface area contributed by atoms with Crippen molar-refractivity contribution in [3.05, 3.63) is 42.2 Å². The largest absolute Gasteiger partial charge is 0.390 e. The van der Waals surface area contributed by atoms with Crippen LogP contribution in [0.15, 0.2) is 36.7 Å². The van der Waals surface area contributed by atoms with Crippen molar-refractivity contribution < 1.29 is 5.11 Å². The lowest BCUT2D eigenvalue weighted by molar-refractivity contribution is -0.0613. The van der Waals surface area contributed by atoms with Crippen LogP contribution in [0.3, 0.4) is 0 Å². The summed E-state index contributed by atoms with van der Waals surface area (Å²) in [7, 11) is 0. The van der Waals surface area contributed by atoms with Crippen molar-refractivity contribution in [2.75, 3.05) is 13.1 Å². The summed E-state index contributed by atoms with van der Waals surface area (Å²) in [6, 6.07) is 8.61. The van der Waals surface area contributed by atoms with Crippen LogP contribution in [-0.4, -0.2) is 33.7 Å². The summed E-state index contributed by atoms with van der Waals surface area (Å²) in [5.41, 5.74) is 0.948. The molecule has 0 spiro atoms. The quantitative estimate of drug-likeness (QED) is 0.941. The van der Waals surface area contributed by atoms with Gasteiger partial charge >= 0.3 is 0 Å². The van der Waals surface area contributed by atoms with E-state index in [0.717, 1.165) is 32.5 Å². The Kier molecular flexibility index (Phi) is 3.86. The molecular weight excluding hydrogens is 284 g/mol. The van der Waals surface area contributed by atoms with Crippen LogP contribution in [0.1, 0.15) is 38.2 Å². The Morgan fingerprint density at radius 3 is 3.09 bits per heavy atom. The lowest BCUT2D eigenvalue weighted by Crippen LogP contribution is -2.44. The van der Waals surface area contributed by atoms with Crippen molar-refractivity contribution in [3.8, 4) is 0 Å². The van der Waals surface area contributed by atoms with Gasteiger partial charge in [0.15, 0.2) is 0 Å². The van der Waals surface area contributed by atoms with Crippen molar-refractivity contribution >= 4 is 10.8 Å². The fraction of sp³-hybridized carbons (Fsp3) is 0.550. The normalized spacial score (nSPS) is 31.4. The Labute approximate surface area is 138 Å². The molecule has 4 rings (SSSR count). The molecular formula is C20H26N2O. The van der Waals surface area contributed by atoms with Gasteiger partial charge in [-0.1, -0.05) is 31.5 Å². The molecule has 0 radical (unpaired) electrons. The third-order valence-electron chi connectivity index (χ3n) is 6.17. The molecule has 2 aromatic rings. The van der Waals surface area contributed by atoms with E-state index in [9.17, 15) is 5.11 Å². The molecule has 3 atom stereocenters. The Hall–Kier alpha value is -1.45. The van der Waals surface area contributed by atoms with E-state index in [-0.39, 0.29) is 0 Å². The van der Waals surface area contributed by atoms with Gasteiger partial charge in [-0.3, -0.25) is 9.88 Å². The maximum atomic E-state index is 11.0. The van der Waals surface area contributed by atoms with E-state index >= 15 is 0 Å². The molecule has 122 valence electrons. The molecule has 1 saturated carbocycles. The first kappa shape index (κ1) is 15.1. The number of nitrogens with zero attached hydrogens (tertiary/aromatic N) is 2. The molecule has 1 saturated heterocycles. The molecule has 1 aromatic heterocycles. The number of benzene rings is 1. The van der Waals surface area contributed by atoms with Crippen molar-refractivity contribution in [1.29, 1.82) is 0 Å². The summed E-state index contributed by atoms with van der Waals surface area (Å²) < 4.78 is 0. The zero-order valence-electron chi connectivity index (χ0n) is 13.9. The Bertz CT molecular complexity index is 696.